The van der Waals surface area contributed by atoms with Gasteiger partial charge in [-0.1, -0.05) is 0 Å². The highest BCUT2D eigenvalue weighted by Crippen LogP contribution is 2.26. The molecule has 2 saturated heterocycles. The van der Waals surface area contributed by atoms with Crippen molar-refractivity contribution in [1.29, 1.82) is 0 Å². The summed E-state index contributed by atoms with van der Waals surface area (Å²) in [5, 5.41) is 0. The van der Waals surface area contributed by atoms with Crippen LogP contribution in [0.4, 0.5) is 11.6 Å². The lowest BCUT2D eigenvalue weighted by Gasteiger charge is -2.34. The molecule has 23 heavy (non-hydrogen) atoms. The zero-order chi connectivity index (χ0) is 16.1. The summed E-state index contributed by atoms with van der Waals surface area (Å²) >= 11 is 2.00. The first kappa shape index (κ1) is 16.4. The number of rotatable bonds is 5. The van der Waals surface area contributed by atoms with Gasteiger partial charge in [0.05, 0.1) is 0 Å². The maximum Gasteiger partial charge on any atom is 0.217 e. The molecule has 126 valence electrons. The number of aromatic nitrogens is 2. The molecule has 2 aliphatic heterocycles. The topological polar surface area (TPSA) is 75.4 Å². The number of anilines is 2. The summed E-state index contributed by atoms with van der Waals surface area (Å²) in [4.78, 5) is 24.6. The van der Waals surface area contributed by atoms with Gasteiger partial charge in [0.2, 0.25) is 5.91 Å². The van der Waals surface area contributed by atoms with Gasteiger partial charge in [-0.2, -0.15) is 11.8 Å². The average molecular weight is 335 g/mol. The zero-order valence-corrected chi connectivity index (χ0v) is 14.3. The maximum absolute atomic E-state index is 11.0. The van der Waals surface area contributed by atoms with Gasteiger partial charge < -0.3 is 15.5 Å². The van der Waals surface area contributed by atoms with Crippen molar-refractivity contribution in [3.05, 3.63) is 12.4 Å². The maximum atomic E-state index is 11.0. The van der Waals surface area contributed by atoms with Gasteiger partial charge in [0.1, 0.15) is 18.0 Å². The van der Waals surface area contributed by atoms with E-state index < -0.39 is 0 Å². The summed E-state index contributed by atoms with van der Waals surface area (Å²) in [6, 6.07) is 2.12. The van der Waals surface area contributed by atoms with Gasteiger partial charge in [0.15, 0.2) is 0 Å². The fourth-order valence-corrected chi connectivity index (χ4v) is 4.23. The molecule has 2 fully saturated rings. The number of carbonyl (C=O) groups is 1. The van der Waals surface area contributed by atoms with Gasteiger partial charge >= 0.3 is 0 Å². The number of primary amides is 1. The van der Waals surface area contributed by atoms with Gasteiger partial charge in [0, 0.05) is 50.2 Å². The van der Waals surface area contributed by atoms with Crippen LogP contribution in [0.2, 0.25) is 0 Å². The van der Waals surface area contributed by atoms with E-state index in [1.165, 1.54) is 6.42 Å². The fraction of sp³-hybridized carbons (Fsp3) is 0.688. The molecule has 3 heterocycles. The normalized spacial score (nSPS) is 22.2. The predicted molar refractivity (Wildman–Crippen MR) is 94.9 cm³/mol. The molecule has 0 spiro atoms. The first-order valence-corrected chi connectivity index (χ1v) is 9.56. The van der Waals surface area contributed by atoms with E-state index in [-0.39, 0.29) is 5.91 Å². The van der Waals surface area contributed by atoms with Crippen LogP contribution in [-0.4, -0.2) is 53.6 Å². The monoisotopic (exact) mass is 335 g/mol. The number of amides is 1. The smallest absolute Gasteiger partial charge is 0.217 e. The van der Waals surface area contributed by atoms with Crippen LogP contribution >= 0.6 is 11.8 Å². The molecule has 2 N–H and O–H groups in total. The Morgan fingerprint density at radius 3 is 2.70 bits per heavy atom. The van der Waals surface area contributed by atoms with Gasteiger partial charge in [0.25, 0.3) is 0 Å². The summed E-state index contributed by atoms with van der Waals surface area (Å²) in [6.07, 6.45) is 5.36. The van der Waals surface area contributed by atoms with Crippen LogP contribution in [0.25, 0.3) is 0 Å². The van der Waals surface area contributed by atoms with E-state index in [1.54, 1.807) is 6.33 Å². The largest absolute Gasteiger partial charge is 0.370 e. The lowest BCUT2D eigenvalue weighted by atomic mass is 9.93. The van der Waals surface area contributed by atoms with E-state index in [1.807, 2.05) is 11.8 Å². The minimum atomic E-state index is -0.200. The van der Waals surface area contributed by atoms with Gasteiger partial charge in [-0.15, -0.1) is 0 Å². The SMILES string of the molecule is NC(=O)CCC1CCCN(c2cc(N3CCSCC3)ncn2)C1. The minimum Gasteiger partial charge on any atom is -0.370 e. The predicted octanol–water partition coefficient (Wildman–Crippen LogP) is 1.51. The first-order chi connectivity index (χ1) is 11.2. The Balaban J connectivity index is 1.64. The molecule has 0 aliphatic carbocycles. The number of nitrogens with zero attached hydrogens (tertiary/aromatic N) is 4. The van der Waals surface area contributed by atoms with Crippen molar-refractivity contribution >= 4 is 29.3 Å². The molecule has 1 unspecified atom stereocenters. The van der Waals surface area contributed by atoms with Crippen molar-refractivity contribution in [2.24, 2.45) is 11.7 Å². The highest BCUT2D eigenvalue weighted by Gasteiger charge is 2.22. The molecule has 2 aliphatic rings. The second-order valence-corrected chi connectivity index (χ2v) is 7.52. The summed E-state index contributed by atoms with van der Waals surface area (Å²) in [5.41, 5.74) is 5.28. The van der Waals surface area contributed by atoms with Crippen molar-refractivity contribution < 1.29 is 4.79 Å². The quantitative estimate of drug-likeness (QED) is 0.879. The molecular weight excluding hydrogens is 310 g/mol. The van der Waals surface area contributed by atoms with Gasteiger partial charge in [-0.3, -0.25) is 4.79 Å². The molecule has 1 amide bonds. The standard InChI is InChI=1S/C16H25N5OS/c17-14(22)4-3-13-2-1-5-21(11-13)16-10-15(18-12-19-16)20-6-8-23-9-7-20/h10,12-13H,1-9,11H2,(H2,17,22). The van der Waals surface area contributed by atoms with Crippen molar-refractivity contribution in [3.8, 4) is 0 Å². The van der Waals surface area contributed by atoms with E-state index in [4.69, 9.17) is 5.73 Å². The number of carbonyl (C=O) groups excluding carboxylic acids is 1. The highest BCUT2D eigenvalue weighted by atomic mass is 32.2. The Kier molecular flexibility index (Phi) is 5.59. The van der Waals surface area contributed by atoms with E-state index >= 15 is 0 Å². The van der Waals surface area contributed by atoms with Crippen molar-refractivity contribution in [2.75, 3.05) is 47.5 Å². The highest BCUT2D eigenvalue weighted by molar-refractivity contribution is 7.99. The second-order valence-electron chi connectivity index (χ2n) is 6.29. The van der Waals surface area contributed by atoms with Crippen molar-refractivity contribution in [3.63, 3.8) is 0 Å². The van der Waals surface area contributed by atoms with Gasteiger partial charge in [-0.05, 0) is 25.2 Å². The Bertz CT molecular complexity index is 535. The van der Waals surface area contributed by atoms with Crippen molar-refractivity contribution in [2.45, 2.75) is 25.7 Å². The van der Waals surface area contributed by atoms with Crippen LogP contribution < -0.4 is 15.5 Å². The summed E-state index contributed by atoms with van der Waals surface area (Å²) in [6.45, 7) is 4.10. The van der Waals surface area contributed by atoms with Crippen LogP contribution in [0.15, 0.2) is 12.4 Å². The summed E-state index contributed by atoms with van der Waals surface area (Å²) in [5.74, 6) is 4.71. The Labute approximate surface area is 141 Å². The van der Waals surface area contributed by atoms with Gasteiger partial charge in [-0.25, -0.2) is 9.97 Å². The van der Waals surface area contributed by atoms with E-state index in [0.717, 1.165) is 62.2 Å². The molecule has 1 aromatic heterocycles. The molecular formula is C16H25N5OS. The molecule has 1 atom stereocenters. The third kappa shape index (κ3) is 4.50. The number of nitrogens with two attached hydrogens (primary N) is 1. The van der Waals surface area contributed by atoms with Crippen LogP contribution in [0.5, 0.6) is 0 Å². The fourth-order valence-electron chi connectivity index (χ4n) is 3.33. The van der Waals surface area contributed by atoms with E-state index in [0.29, 0.717) is 12.3 Å². The zero-order valence-electron chi connectivity index (χ0n) is 13.5. The summed E-state index contributed by atoms with van der Waals surface area (Å²) in [7, 11) is 0. The first-order valence-electron chi connectivity index (χ1n) is 8.40. The average Bonchev–Trinajstić information content (AvgIpc) is 2.61. The molecule has 0 saturated carbocycles. The number of piperidine rings is 1. The molecule has 7 heteroatoms. The molecule has 0 aromatic carbocycles. The minimum absolute atomic E-state index is 0.200. The Morgan fingerprint density at radius 2 is 1.96 bits per heavy atom. The molecule has 3 rings (SSSR count). The lowest BCUT2D eigenvalue weighted by Crippen LogP contribution is -2.37. The Hall–Kier alpha value is -1.50. The molecule has 0 radical (unpaired) electrons. The number of hydrogen-bond acceptors (Lipinski definition) is 6. The number of thioether (sulfide) groups is 1. The van der Waals surface area contributed by atoms with E-state index in [9.17, 15) is 4.79 Å². The third-order valence-electron chi connectivity index (χ3n) is 4.62. The third-order valence-corrected chi connectivity index (χ3v) is 5.56. The lowest BCUT2D eigenvalue weighted by molar-refractivity contribution is -0.118. The van der Waals surface area contributed by atoms with Crippen LogP contribution in [-0.2, 0) is 4.79 Å². The molecule has 1 aromatic rings. The molecule has 0 bridgehead atoms. The Morgan fingerprint density at radius 1 is 1.22 bits per heavy atom. The van der Waals surface area contributed by atoms with Crippen molar-refractivity contribution in [1.82, 2.24) is 9.97 Å². The van der Waals surface area contributed by atoms with Crippen LogP contribution in [0.1, 0.15) is 25.7 Å². The van der Waals surface area contributed by atoms with E-state index in [2.05, 4.69) is 25.8 Å². The van der Waals surface area contributed by atoms with Crippen LogP contribution in [0.3, 0.4) is 0 Å². The van der Waals surface area contributed by atoms with Crippen LogP contribution in [0, 0.1) is 5.92 Å². The molecule has 6 nitrogen and oxygen atoms in total. The summed E-state index contributed by atoms with van der Waals surface area (Å²) < 4.78 is 0. The number of hydrogen-bond donors (Lipinski definition) is 1. The second kappa shape index (κ2) is 7.86.